The minimum atomic E-state index is 0.724. The molecule has 0 saturated heterocycles. The fraction of sp³-hybridized carbons (Fsp3) is 0.167. The Balaban J connectivity index is 1.88. The molecular weight excluding hydrogens is 346 g/mol. The summed E-state index contributed by atoms with van der Waals surface area (Å²) in [6, 6.07) is 10.0. The molecule has 0 spiro atoms. The lowest BCUT2D eigenvalue weighted by Gasteiger charge is -2.05. The molecular formula is C12H11Br2N3. The molecule has 1 heterocycles. The van der Waals surface area contributed by atoms with Crippen LogP contribution in [0.5, 0.6) is 0 Å². The maximum absolute atomic E-state index is 4.01. The second kappa shape index (κ2) is 6.23. The molecule has 2 rings (SSSR count). The van der Waals surface area contributed by atoms with Crippen molar-refractivity contribution >= 4 is 31.9 Å². The topological polar surface area (TPSA) is 37.8 Å². The third-order valence-electron chi connectivity index (χ3n) is 2.25. The van der Waals surface area contributed by atoms with Crippen molar-refractivity contribution in [3.63, 3.8) is 0 Å². The molecule has 3 nitrogen and oxygen atoms in total. The van der Waals surface area contributed by atoms with Gasteiger partial charge < -0.3 is 5.32 Å². The second-order valence-corrected chi connectivity index (χ2v) is 5.28. The van der Waals surface area contributed by atoms with Crippen molar-refractivity contribution in [2.24, 2.45) is 0 Å². The van der Waals surface area contributed by atoms with Gasteiger partial charge in [0, 0.05) is 28.2 Å². The SMILES string of the molecule is Brc1ccc(CNCc2cccnn2)cc1Br. The largest absolute Gasteiger partial charge is 0.307 e. The minimum Gasteiger partial charge on any atom is -0.307 e. The third-order valence-corrected chi connectivity index (χ3v) is 4.13. The van der Waals surface area contributed by atoms with Gasteiger partial charge in [0.25, 0.3) is 0 Å². The number of rotatable bonds is 4. The third kappa shape index (κ3) is 3.87. The van der Waals surface area contributed by atoms with E-state index in [1.54, 1.807) is 6.20 Å². The molecule has 0 unspecified atom stereocenters. The predicted octanol–water partition coefficient (Wildman–Crippen LogP) is 3.29. The van der Waals surface area contributed by atoms with Crippen LogP contribution in [0.25, 0.3) is 0 Å². The van der Waals surface area contributed by atoms with E-state index in [0.29, 0.717) is 0 Å². The maximum atomic E-state index is 4.01. The molecule has 0 amide bonds. The standard InChI is InChI=1S/C12H11Br2N3/c13-11-4-3-9(6-12(11)14)7-15-8-10-2-1-5-16-17-10/h1-6,15H,7-8H2. The number of aromatic nitrogens is 2. The zero-order chi connectivity index (χ0) is 12.1. The van der Waals surface area contributed by atoms with Gasteiger partial charge in [-0.15, -0.1) is 0 Å². The molecule has 0 saturated carbocycles. The molecule has 5 heteroatoms. The van der Waals surface area contributed by atoms with Gasteiger partial charge in [-0.1, -0.05) is 6.07 Å². The first-order valence-electron chi connectivity index (χ1n) is 5.17. The summed E-state index contributed by atoms with van der Waals surface area (Å²) in [4.78, 5) is 0. The Kier molecular flexibility index (Phi) is 4.65. The number of nitrogens with one attached hydrogen (secondary N) is 1. The van der Waals surface area contributed by atoms with Crippen LogP contribution < -0.4 is 5.32 Å². The molecule has 0 bridgehead atoms. The minimum absolute atomic E-state index is 0.724. The summed E-state index contributed by atoms with van der Waals surface area (Å²) in [6.45, 7) is 1.53. The molecule has 0 radical (unpaired) electrons. The molecule has 1 aromatic carbocycles. The van der Waals surface area contributed by atoms with Crippen LogP contribution in [0.4, 0.5) is 0 Å². The lowest BCUT2D eigenvalue weighted by molar-refractivity contribution is 0.670. The van der Waals surface area contributed by atoms with E-state index in [1.165, 1.54) is 5.56 Å². The van der Waals surface area contributed by atoms with E-state index in [-0.39, 0.29) is 0 Å². The van der Waals surface area contributed by atoms with Gasteiger partial charge in [0.2, 0.25) is 0 Å². The zero-order valence-electron chi connectivity index (χ0n) is 9.03. The van der Waals surface area contributed by atoms with Gasteiger partial charge in [0.15, 0.2) is 0 Å². The van der Waals surface area contributed by atoms with Crippen LogP contribution in [0, 0.1) is 0 Å². The number of benzene rings is 1. The van der Waals surface area contributed by atoms with Crippen LogP contribution in [0.2, 0.25) is 0 Å². The highest BCUT2D eigenvalue weighted by atomic mass is 79.9. The Morgan fingerprint density at radius 2 is 1.94 bits per heavy atom. The molecule has 0 aliphatic rings. The summed E-state index contributed by atoms with van der Waals surface area (Å²) in [7, 11) is 0. The van der Waals surface area contributed by atoms with Crippen LogP contribution in [0.1, 0.15) is 11.3 Å². The number of hydrogen-bond donors (Lipinski definition) is 1. The Morgan fingerprint density at radius 1 is 1.06 bits per heavy atom. The first-order valence-corrected chi connectivity index (χ1v) is 6.75. The average Bonchev–Trinajstić information content (AvgIpc) is 2.35. The smallest absolute Gasteiger partial charge is 0.0769 e. The molecule has 1 N–H and O–H groups in total. The van der Waals surface area contributed by atoms with Crippen molar-refractivity contribution < 1.29 is 0 Å². The highest BCUT2D eigenvalue weighted by Gasteiger charge is 1.99. The van der Waals surface area contributed by atoms with E-state index >= 15 is 0 Å². The summed E-state index contributed by atoms with van der Waals surface area (Å²) in [6.07, 6.45) is 1.68. The molecule has 0 atom stereocenters. The monoisotopic (exact) mass is 355 g/mol. The number of nitrogens with zero attached hydrogens (tertiary/aromatic N) is 2. The summed E-state index contributed by atoms with van der Waals surface area (Å²) in [5, 5.41) is 11.2. The highest BCUT2D eigenvalue weighted by molar-refractivity contribution is 9.13. The van der Waals surface area contributed by atoms with Crippen LogP contribution >= 0.6 is 31.9 Å². The zero-order valence-corrected chi connectivity index (χ0v) is 12.2. The van der Waals surface area contributed by atoms with E-state index in [1.807, 2.05) is 18.2 Å². The van der Waals surface area contributed by atoms with Crippen molar-refractivity contribution in [2.75, 3.05) is 0 Å². The Bertz CT molecular complexity index is 488. The fourth-order valence-corrected chi connectivity index (χ4v) is 2.09. The van der Waals surface area contributed by atoms with E-state index < -0.39 is 0 Å². The Hall–Kier alpha value is -0.780. The van der Waals surface area contributed by atoms with E-state index in [2.05, 4.69) is 59.5 Å². The van der Waals surface area contributed by atoms with Crippen molar-refractivity contribution in [2.45, 2.75) is 13.1 Å². The van der Waals surface area contributed by atoms with Crippen LogP contribution in [-0.4, -0.2) is 10.2 Å². The van der Waals surface area contributed by atoms with Gasteiger partial charge in [-0.2, -0.15) is 10.2 Å². The second-order valence-electron chi connectivity index (χ2n) is 3.57. The first kappa shape index (κ1) is 12.7. The lowest BCUT2D eigenvalue weighted by atomic mass is 10.2. The van der Waals surface area contributed by atoms with Gasteiger partial charge in [0.1, 0.15) is 0 Å². The van der Waals surface area contributed by atoms with Crippen molar-refractivity contribution in [1.82, 2.24) is 15.5 Å². The first-order chi connectivity index (χ1) is 8.25. The van der Waals surface area contributed by atoms with E-state index in [0.717, 1.165) is 27.7 Å². The van der Waals surface area contributed by atoms with Gasteiger partial charge in [-0.25, -0.2) is 0 Å². The van der Waals surface area contributed by atoms with Crippen LogP contribution in [-0.2, 0) is 13.1 Å². The number of hydrogen-bond acceptors (Lipinski definition) is 3. The highest BCUT2D eigenvalue weighted by Crippen LogP contribution is 2.23. The van der Waals surface area contributed by atoms with Crippen LogP contribution in [0.15, 0.2) is 45.5 Å². The maximum Gasteiger partial charge on any atom is 0.0769 e. The van der Waals surface area contributed by atoms with Gasteiger partial charge in [0.05, 0.1) is 5.69 Å². The molecule has 88 valence electrons. The summed E-state index contributed by atoms with van der Waals surface area (Å²) < 4.78 is 2.13. The van der Waals surface area contributed by atoms with E-state index in [4.69, 9.17) is 0 Å². The summed E-state index contributed by atoms with van der Waals surface area (Å²) in [5.41, 5.74) is 2.17. The normalized spacial score (nSPS) is 10.5. The van der Waals surface area contributed by atoms with Gasteiger partial charge in [-0.05, 0) is 61.7 Å². The molecule has 0 aliphatic carbocycles. The quantitative estimate of drug-likeness (QED) is 0.913. The Labute approximate surface area is 117 Å². The van der Waals surface area contributed by atoms with Gasteiger partial charge >= 0.3 is 0 Å². The lowest BCUT2D eigenvalue weighted by Crippen LogP contribution is -2.13. The average molecular weight is 357 g/mol. The van der Waals surface area contributed by atoms with Crippen molar-refractivity contribution in [1.29, 1.82) is 0 Å². The molecule has 2 aromatic rings. The van der Waals surface area contributed by atoms with Gasteiger partial charge in [-0.3, -0.25) is 0 Å². The summed E-state index contributed by atoms with van der Waals surface area (Å²) >= 11 is 6.93. The van der Waals surface area contributed by atoms with Crippen molar-refractivity contribution in [3.8, 4) is 0 Å². The van der Waals surface area contributed by atoms with Crippen molar-refractivity contribution in [3.05, 3.63) is 56.7 Å². The molecule has 17 heavy (non-hydrogen) atoms. The molecule has 1 aromatic heterocycles. The number of halogens is 2. The Morgan fingerprint density at radius 3 is 2.65 bits per heavy atom. The summed E-state index contributed by atoms with van der Waals surface area (Å²) in [5.74, 6) is 0. The molecule has 0 fully saturated rings. The fourth-order valence-electron chi connectivity index (χ4n) is 1.41. The predicted molar refractivity (Wildman–Crippen MR) is 74.4 cm³/mol. The van der Waals surface area contributed by atoms with E-state index in [9.17, 15) is 0 Å². The van der Waals surface area contributed by atoms with Crippen LogP contribution in [0.3, 0.4) is 0 Å². The molecule has 0 aliphatic heterocycles.